The maximum atomic E-state index is 12.1. The average molecular weight is 386 g/mol. The predicted molar refractivity (Wildman–Crippen MR) is 89.4 cm³/mol. The third-order valence-electron chi connectivity index (χ3n) is 2.80. The fraction of sp³-hybridized carbons (Fsp3) is 0.231. The van der Waals surface area contributed by atoms with Crippen LogP contribution in [-0.4, -0.2) is 34.4 Å². The van der Waals surface area contributed by atoms with E-state index in [0.717, 1.165) is 15.7 Å². The van der Waals surface area contributed by atoms with Crippen molar-refractivity contribution in [1.29, 1.82) is 0 Å². The van der Waals surface area contributed by atoms with Gasteiger partial charge in [0, 0.05) is 15.4 Å². The largest absolute Gasteiger partial charge is 0.367 e. The van der Waals surface area contributed by atoms with Crippen molar-refractivity contribution in [3.05, 3.63) is 34.1 Å². The number of ether oxygens (including phenoxy) is 1. The van der Waals surface area contributed by atoms with Crippen molar-refractivity contribution in [2.75, 3.05) is 24.4 Å². The number of carbonyl (C=O) groups is 1. The van der Waals surface area contributed by atoms with Gasteiger partial charge in [0.2, 0.25) is 0 Å². The summed E-state index contributed by atoms with van der Waals surface area (Å²) in [5.41, 5.74) is 1.87. The van der Waals surface area contributed by atoms with E-state index in [2.05, 4.69) is 26.2 Å². The zero-order chi connectivity index (χ0) is 14.7. The van der Waals surface area contributed by atoms with E-state index in [1.165, 1.54) is 23.3 Å². The molecule has 0 unspecified atom stereocenters. The molecule has 1 N–H and O–H groups in total. The van der Waals surface area contributed by atoms with Crippen LogP contribution in [0.25, 0.3) is 11.3 Å². The van der Waals surface area contributed by atoms with Gasteiger partial charge in [0.1, 0.15) is 5.94 Å². The molecule has 110 valence electrons. The van der Waals surface area contributed by atoms with Crippen molar-refractivity contribution in [2.24, 2.45) is 0 Å². The Hall–Kier alpha value is -1.09. The molecule has 2 heterocycles. The van der Waals surface area contributed by atoms with Crippen LogP contribution < -0.4 is 5.32 Å². The SMILES string of the molecule is O=C(Nc1nc(-c2cccc(Br)c2)cs1)N1CCOCS1. The first-order valence-electron chi connectivity index (χ1n) is 6.23. The van der Waals surface area contributed by atoms with Crippen LogP contribution in [0, 0.1) is 0 Å². The molecular weight excluding hydrogens is 374 g/mol. The van der Waals surface area contributed by atoms with Crippen LogP contribution in [0.3, 0.4) is 0 Å². The molecule has 0 atom stereocenters. The highest BCUT2D eigenvalue weighted by Gasteiger charge is 2.19. The summed E-state index contributed by atoms with van der Waals surface area (Å²) in [6.07, 6.45) is 0. The third kappa shape index (κ3) is 3.76. The third-order valence-corrected chi connectivity index (χ3v) is 4.98. The molecule has 3 rings (SSSR count). The second-order valence-electron chi connectivity index (χ2n) is 4.24. The van der Waals surface area contributed by atoms with Crippen molar-refractivity contribution in [2.45, 2.75) is 0 Å². The lowest BCUT2D eigenvalue weighted by Crippen LogP contribution is -2.35. The molecule has 1 saturated heterocycles. The van der Waals surface area contributed by atoms with Gasteiger partial charge >= 0.3 is 6.03 Å². The summed E-state index contributed by atoms with van der Waals surface area (Å²) in [7, 11) is 0. The smallest absolute Gasteiger partial charge is 0.333 e. The Kier molecular flexibility index (Phi) is 4.79. The number of nitrogens with one attached hydrogen (secondary N) is 1. The average Bonchev–Trinajstić information content (AvgIpc) is 2.97. The quantitative estimate of drug-likeness (QED) is 0.792. The van der Waals surface area contributed by atoms with Gasteiger partial charge < -0.3 is 4.74 Å². The highest BCUT2D eigenvalue weighted by atomic mass is 79.9. The van der Waals surface area contributed by atoms with Crippen LogP contribution in [0.5, 0.6) is 0 Å². The molecule has 1 aliphatic rings. The van der Waals surface area contributed by atoms with Crippen LogP contribution >= 0.6 is 39.2 Å². The van der Waals surface area contributed by atoms with Gasteiger partial charge in [0.15, 0.2) is 5.13 Å². The topological polar surface area (TPSA) is 54.5 Å². The lowest BCUT2D eigenvalue weighted by atomic mass is 10.2. The Morgan fingerprint density at radius 1 is 1.48 bits per heavy atom. The molecule has 0 saturated carbocycles. The minimum absolute atomic E-state index is 0.154. The van der Waals surface area contributed by atoms with Crippen LogP contribution in [0.15, 0.2) is 34.1 Å². The maximum absolute atomic E-state index is 12.1. The van der Waals surface area contributed by atoms with Gasteiger partial charge in [0.05, 0.1) is 18.8 Å². The molecule has 1 aromatic heterocycles. The van der Waals surface area contributed by atoms with Crippen LogP contribution in [0.1, 0.15) is 0 Å². The number of halogens is 1. The molecule has 0 radical (unpaired) electrons. The van der Waals surface area contributed by atoms with Crippen LogP contribution in [0.2, 0.25) is 0 Å². The highest BCUT2D eigenvalue weighted by molar-refractivity contribution is 9.10. The fourth-order valence-electron chi connectivity index (χ4n) is 1.80. The second kappa shape index (κ2) is 6.78. The zero-order valence-corrected chi connectivity index (χ0v) is 14.1. The molecule has 1 fully saturated rings. The maximum Gasteiger partial charge on any atom is 0.333 e. The van der Waals surface area contributed by atoms with E-state index in [1.54, 1.807) is 4.31 Å². The number of hydrogen-bond donors (Lipinski definition) is 1. The van der Waals surface area contributed by atoms with E-state index in [1.807, 2.05) is 29.6 Å². The summed E-state index contributed by atoms with van der Waals surface area (Å²) >= 11 is 6.23. The number of hydrogen-bond acceptors (Lipinski definition) is 5. The standard InChI is InChI=1S/C13H12BrN3O2S2/c14-10-3-1-2-9(6-10)11-7-20-12(15-11)16-13(18)17-4-5-19-8-21-17/h1-3,6-7H,4-5,8H2,(H,15,16,18). The molecule has 0 spiro atoms. The van der Waals surface area contributed by atoms with E-state index in [-0.39, 0.29) is 6.03 Å². The Morgan fingerprint density at radius 3 is 3.14 bits per heavy atom. The summed E-state index contributed by atoms with van der Waals surface area (Å²) in [5, 5.41) is 5.36. The Bertz CT molecular complexity index is 644. The molecule has 21 heavy (non-hydrogen) atoms. The number of thiazole rings is 1. The van der Waals surface area contributed by atoms with E-state index >= 15 is 0 Å². The lowest BCUT2D eigenvalue weighted by Gasteiger charge is -2.24. The molecule has 0 bridgehead atoms. The lowest BCUT2D eigenvalue weighted by molar-refractivity contribution is 0.152. The summed E-state index contributed by atoms with van der Waals surface area (Å²) in [4.78, 5) is 16.5. The molecule has 8 heteroatoms. The van der Waals surface area contributed by atoms with Crippen molar-refractivity contribution in [1.82, 2.24) is 9.29 Å². The number of urea groups is 1. The second-order valence-corrected chi connectivity index (χ2v) is 6.94. The zero-order valence-electron chi connectivity index (χ0n) is 10.9. The highest BCUT2D eigenvalue weighted by Crippen LogP contribution is 2.27. The van der Waals surface area contributed by atoms with E-state index < -0.39 is 0 Å². The fourth-order valence-corrected chi connectivity index (χ4v) is 3.59. The summed E-state index contributed by atoms with van der Waals surface area (Å²) in [6, 6.07) is 7.76. The number of aromatic nitrogens is 1. The van der Waals surface area contributed by atoms with Crippen LogP contribution in [-0.2, 0) is 4.74 Å². The molecule has 1 aromatic carbocycles. The van der Waals surface area contributed by atoms with Gasteiger partial charge in [-0.2, -0.15) is 0 Å². The van der Waals surface area contributed by atoms with E-state index in [0.29, 0.717) is 24.2 Å². The van der Waals surface area contributed by atoms with Crippen molar-refractivity contribution >= 4 is 50.4 Å². The van der Waals surface area contributed by atoms with Gasteiger partial charge in [-0.15, -0.1) is 11.3 Å². The van der Waals surface area contributed by atoms with Crippen molar-refractivity contribution in [3.63, 3.8) is 0 Å². The monoisotopic (exact) mass is 385 g/mol. The van der Waals surface area contributed by atoms with E-state index in [4.69, 9.17) is 4.74 Å². The predicted octanol–water partition coefficient (Wildman–Crippen LogP) is 4.04. The first-order chi connectivity index (χ1) is 10.2. The van der Waals surface area contributed by atoms with Gasteiger partial charge in [-0.25, -0.2) is 9.78 Å². The minimum Gasteiger partial charge on any atom is -0.367 e. The molecule has 5 nitrogen and oxygen atoms in total. The minimum atomic E-state index is -0.154. The Balaban J connectivity index is 1.69. The summed E-state index contributed by atoms with van der Waals surface area (Å²) in [5.74, 6) is 0.509. The number of anilines is 1. The van der Waals surface area contributed by atoms with Crippen molar-refractivity contribution < 1.29 is 9.53 Å². The molecule has 2 amide bonds. The van der Waals surface area contributed by atoms with Gasteiger partial charge in [-0.05, 0) is 24.1 Å². The van der Waals surface area contributed by atoms with Gasteiger partial charge in [-0.3, -0.25) is 9.62 Å². The van der Waals surface area contributed by atoms with Gasteiger partial charge in [-0.1, -0.05) is 28.1 Å². The first-order valence-corrected chi connectivity index (χ1v) is 8.84. The Morgan fingerprint density at radius 2 is 2.38 bits per heavy atom. The number of nitrogens with zero attached hydrogens (tertiary/aromatic N) is 2. The number of benzene rings is 1. The molecular formula is C13H12BrN3O2S2. The van der Waals surface area contributed by atoms with Crippen LogP contribution in [0.4, 0.5) is 9.93 Å². The summed E-state index contributed by atoms with van der Waals surface area (Å²) in [6.45, 7) is 1.15. The van der Waals surface area contributed by atoms with E-state index in [9.17, 15) is 4.79 Å². The number of amides is 2. The van der Waals surface area contributed by atoms with Crippen molar-refractivity contribution in [3.8, 4) is 11.3 Å². The normalized spacial score (nSPS) is 15.0. The molecule has 1 aliphatic heterocycles. The number of rotatable bonds is 2. The van der Waals surface area contributed by atoms with Gasteiger partial charge in [0.25, 0.3) is 0 Å². The number of carbonyl (C=O) groups excluding carboxylic acids is 1. The first kappa shape index (κ1) is 14.8. The molecule has 0 aliphatic carbocycles. The summed E-state index contributed by atoms with van der Waals surface area (Å²) < 4.78 is 7.86. The Labute approximate surface area is 139 Å². The molecule has 2 aromatic rings.